The molecule has 0 N–H and O–H groups in total. The van der Waals surface area contributed by atoms with Crippen LogP contribution in [-0.4, -0.2) is 18.4 Å². The quantitative estimate of drug-likeness (QED) is 0.479. The summed E-state index contributed by atoms with van der Waals surface area (Å²) in [4.78, 5) is 23.5. The third-order valence-electron chi connectivity index (χ3n) is 3.86. The standard InChI is InChI=1S/C20H17FO5/c1-3-24-20(23)19-16(15-6-4-5-7-18(15)26-19)11-25-13-8-9-14(12(2)22)17(21)10-13/h4-10H,3,11H2,1-2H3. The number of carbonyl (C=O) groups is 2. The Morgan fingerprint density at radius 2 is 1.92 bits per heavy atom. The Labute approximate surface area is 149 Å². The number of Topliss-reactive ketones (excluding diaryl/α,β-unsaturated/α-hetero) is 1. The summed E-state index contributed by atoms with van der Waals surface area (Å²) in [5.41, 5.74) is 1.06. The fraction of sp³-hybridized carbons (Fsp3) is 0.200. The molecule has 0 amide bonds. The van der Waals surface area contributed by atoms with E-state index >= 15 is 0 Å². The third kappa shape index (κ3) is 3.44. The zero-order chi connectivity index (χ0) is 18.7. The molecule has 1 heterocycles. The van der Waals surface area contributed by atoms with Crippen LogP contribution in [0.3, 0.4) is 0 Å². The molecule has 2 aromatic carbocycles. The van der Waals surface area contributed by atoms with Gasteiger partial charge in [-0.1, -0.05) is 18.2 Å². The first-order chi connectivity index (χ1) is 12.5. The van der Waals surface area contributed by atoms with Crippen LogP contribution in [0.4, 0.5) is 4.39 Å². The van der Waals surface area contributed by atoms with Gasteiger partial charge in [-0.3, -0.25) is 4.79 Å². The fourth-order valence-corrected chi connectivity index (χ4v) is 2.63. The summed E-state index contributed by atoms with van der Waals surface area (Å²) in [7, 11) is 0. The van der Waals surface area contributed by atoms with Gasteiger partial charge in [-0.25, -0.2) is 9.18 Å². The molecule has 1 aromatic heterocycles. The van der Waals surface area contributed by atoms with Gasteiger partial charge in [0.1, 0.15) is 23.8 Å². The van der Waals surface area contributed by atoms with Crippen LogP contribution in [0.1, 0.15) is 40.3 Å². The van der Waals surface area contributed by atoms with E-state index in [0.29, 0.717) is 11.1 Å². The number of hydrogen-bond donors (Lipinski definition) is 0. The third-order valence-corrected chi connectivity index (χ3v) is 3.86. The Kier molecular flexibility index (Phi) is 5.02. The van der Waals surface area contributed by atoms with Gasteiger partial charge in [0.25, 0.3) is 0 Å². The molecule has 0 saturated carbocycles. The Bertz CT molecular complexity index is 973. The highest BCUT2D eigenvalue weighted by Crippen LogP contribution is 2.28. The van der Waals surface area contributed by atoms with Gasteiger partial charge in [-0.05, 0) is 32.0 Å². The monoisotopic (exact) mass is 356 g/mol. The molecular weight excluding hydrogens is 339 g/mol. The van der Waals surface area contributed by atoms with E-state index in [1.807, 2.05) is 6.07 Å². The molecule has 26 heavy (non-hydrogen) atoms. The van der Waals surface area contributed by atoms with Gasteiger partial charge in [-0.15, -0.1) is 0 Å². The minimum atomic E-state index is -0.655. The molecule has 134 valence electrons. The first-order valence-corrected chi connectivity index (χ1v) is 8.12. The van der Waals surface area contributed by atoms with Gasteiger partial charge >= 0.3 is 5.97 Å². The van der Waals surface area contributed by atoms with Gasteiger partial charge < -0.3 is 13.9 Å². The zero-order valence-corrected chi connectivity index (χ0v) is 14.4. The molecule has 0 aliphatic heterocycles. The average molecular weight is 356 g/mol. The van der Waals surface area contributed by atoms with Gasteiger partial charge in [-0.2, -0.15) is 0 Å². The van der Waals surface area contributed by atoms with Crippen LogP contribution in [0.25, 0.3) is 11.0 Å². The zero-order valence-electron chi connectivity index (χ0n) is 14.4. The highest BCUT2D eigenvalue weighted by Gasteiger charge is 2.22. The largest absolute Gasteiger partial charge is 0.489 e. The predicted molar refractivity (Wildman–Crippen MR) is 92.9 cm³/mol. The van der Waals surface area contributed by atoms with Crippen LogP contribution in [0, 0.1) is 5.82 Å². The molecule has 0 fully saturated rings. The molecular formula is C20H17FO5. The number of rotatable bonds is 6. The van der Waals surface area contributed by atoms with Gasteiger partial charge in [0.15, 0.2) is 5.78 Å². The number of halogens is 1. The summed E-state index contributed by atoms with van der Waals surface area (Å²) < 4.78 is 30.2. The Hall–Kier alpha value is -3.15. The summed E-state index contributed by atoms with van der Waals surface area (Å²) in [6.45, 7) is 3.20. The van der Waals surface area contributed by atoms with Gasteiger partial charge in [0, 0.05) is 11.5 Å². The lowest BCUT2D eigenvalue weighted by Gasteiger charge is -2.08. The van der Waals surface area contributed by atoms with E-state index in [-0.39, 0.29) is 36.1 Å². The van der Waals surface area contributed by atoms with Crippen LogP contribution in [0.5, 0.6) is 5.75 Å². The summed E-state index contributed by atoms with van der Waals surface area (Å²) >= 11 is 0. The van der Waals surface area contributed by atoms with Crippen molar-refractivity contribution in [2.75, 3.05) is 6.61 Å². The lowest BCUT2D eigenvalue weighted by Crippen LogP contribution is -2.08. The van der Waals surface area contributed by atoms with Crippen molar-refractivity contribution in [3.63, 3.8) is 0 Å². The van der Waals surface area contributed by atoms with Crippen molar-refractivity contribution in [2.24, 2.45) is 0 Å². The van der Waals surface area contributed by atoms with Crippen LogP contribution in [-0.2, 0) is 11.3 Å². The molecule has 0 aliphatic rings. The fourth-order valence-electron chi connectivity index (χ4n) is 2.63. The average Bonchev–Trinajstić information content (AvgIpc) is 2.98. The van der Waals surface area contributed by atoms with Crippen molar-refractivity contribution in [1.29, 1.82) is 0 Å². The first-order valence-electron chi connectivity index (χ1n) is 8.12. The number of fused-ring (bicyclic) bond motifs is 1. The molecule has 0 spiro atoms. The highest BCUT2D eigenvalue weighted by molar-refractivity contribution is 5.96. The maximum Gasteiger partial charge on any atom is 0.374 e. The summed E-state index contributed by atoms with van der Waals surface area (Å²) in [6, 6.07) is 11.2. The number of ketones is 1. The lowest BCUT2D eigenvalue weighted by atomic mass is 10.1. The predicted octanol–water partition coefficient (Wildman–Crippen LogP) is 4.53. The number of furan rings is 1. The van der Waals surface area contributed by atoms with E-state index < -0.39 is 11.8 Å². The van der Waals surface area contributed by atoms with Crippen molar-refractivity contribution in [3.8, 4) is 5.75 Å². The topological polar surface area (TPSA) is 65.7 Å². The number of benzene rings is 2. The summed E-state index contributed by atoms with van der Waals surface area (Å²) in [5, 5.41) is 0.719. The molecule has 0 aliphatic carbocycles. The van der Waals surface area contributed by atoms with Crippen LogP contribution < -0.4 is 4.74 Å². The van der Waals surface area contributed by atoms with Crippen LogP contribution in [0.2, 0.25) is 0 Å². The van der Waals surface area contributed by atoms with Crippen LogP contribution in [0.15, 0.2) is 46.9 Å². The van der Waals surface area contributed by atoms with Crippen LogP contribution >= 0.6 is 0 Å². The van der Waals surface area contributed by atoms with Crippen molar-refractivity contribution in [2.45, 2.75) is 20.5 Å². The second-order valence-corrected chi connectivity index (χ2v) is 5.61. The molecule has 3 rings (SSSR count). The second-order valence-electron chi connectivity index (χ2n) is 5.61. The maximum atomic E-state index is 13.9. The van der Waals surface area contributed by atoms with Crippen molar-refractivity contribution in [1.82, 2.24) is 0 Å². The number of carbonyl (C=O) groups excluding carboxylic acids is 2. The molecule has 3 aromatic rings. The molecule has 0 unspecified atom stereocenters. The Balaban J connectivity index is 1.90. The minimum absolute atomic E-state index is 0.00155. The number of hydrogen-bond acceptors (Lipinski definition) is 5. The molecule has 0 atom stereocenters. The van der Waals surface area contributed by atoms with Crippen molar-refractivity contribution < 1.29 is 27.9 Å². The molecule has 0 radical (unpaired) electrons. The molecule has 0 saturated heterocycles. The Morgan fingerprint density at radius 1 is 1.15 bits per heavy atom. The number of ether oxygens (including phenoxy) is 2. The van der Waals surface area contributed by atoms with Crippen molar-refractivity contribution in [3.05, 3.63) is 65.2 Å². The van der Waals surface area contributed by atoms with E-state index in [4.69, 9.17) is 13.9 Å². The minimum Gasteiger partial charge on any atom is -0.489 e. The van der Waals surface area contributed by atoms with Gasteiger partial charge in [0.2, 0.25) is 5.76 Å². The molecule has 0 bridgehead atoms. The smallest absolute Gasteiger partial charge is 0.374 e. The Morgan fingerprint density at radius 3 is 2.62 bits per heavy atom. The number of esters is 1. The van der Waals surface area contributed by atoms with Crippen molar-refractivity contribution >= 4 is 22.7 Å². The lowest BCUT2D eigenvalue weighted by molar-refractivity contribution is 0.0488. The maximum absolute atomic E-state index is 13.9. The molecule has 5 nitrogen and oxygen atoms in total. The van der Waals surface area contributed by atoms with E-state index in [1.165, 1.54) is 19.1 Å². The summed E-state index contributed by atoms with van der Waals surface area (Å²) in [6.07, 6.45) is 0. The summed E-state index contributed by atoms with van der Waals surface area (Å²) in [5.74, 6) is -1.29. The van der Waals surface area contributed by atoms with Gasteiger partial charge in [0.05, 0.1) is 17.7 Å². The SMILES string of the molecule is CCOC(=O)c1oc2ccccc2c1COc1ccc(C(C)=O)c(F)c1. The number of para-hydroxylation sites is 1. The van der Waals surface area contributed by atoms with E-state index in [9.17, 15) is 14.0 Å². The van der Waals surface area contributed by atoms with E-state index in [0.717, 1.165) is 11.5 Å². The van der Waals surface area contributed by atoms with E-state index in [1.54, 1.807) is 25.1 Å². The molecule has 6 heteroatoms. The second kappa shape index (κ2) is 7.39. The normalized spacial score (nSPS) is 10.7. The van der Waals surface area contributed by atoms with E-state index in [2.05, 4.69) is 0 Å². The highest BCUT2D eigenvalue weighted by atomic mass is 19.1. The first kappa shape index (κ1) is 17.7.